The van der Waals surface area contributed by atoms with E-state index in [4.69, 9.17) is 0 Å². The van der Waals surface area contributed by atoms with Crippen molar-refractivity contribution >= 4 is 0 Å². The molecule has 2 aliphatic rings. The van der Waals surface area contributed by atoms with E-state index in [-0.39, 0.29) is 6.10 Å². The van der Waals surface area contributed by atoms with Crippen LogP contribution in [0.3, 0.4) is 0 Å². The van der Waals surface area contributed by atoms with Crippen LogP contribution in [0.15, 0.2) is 13.2 Å². The fourth-order valence-electron chi connectivity index (χ4n) is 3.64. The molecule has 23 heavy (non-hydrogen) atoms. The number of hydrogen-bond donors (Lipinski definition) is 1. The van der Waals surface area contributed by atoms with Crippen LogP contribution in [0.2, 0.25) is 0 Å². The largest absolute Gasteiger partial charge is 0.393 e. The van der Waals surface area contributed by atoms with Gasteiger partial charge in [0.1, 0.15) is 0 Å². The Labute approximate surface area is 149 Å². The molecule has 2 saturated carbocycles. The number of aliphatic hydroxyl groups excluding tert-OH is 1. The molecule has 2 fully saturated rings. The van der Waals surface area contributed by atoms with Crippen LogP contribution in [0.4, 0.5) is 0 Å². The van der Waals surface area contributed by atoms with E-state index in [1.165, 1.54) is 44.9 Å². The van der Waals surface area contributed by atoms with Gasteiger partial charge in [-0.3, -0.25) is 0 Å². The molecule has 0 aliphatic heterocycles. The standard InChI is InChI=1S/C14H26O.3C2H6.C2H4/c1-2-11-3-5-12(6-4-11)13-7-9-14(15)10-8-13;4*1-2/h11-15H,2-10H2,1H3;3*1-2H3;1-2H2. The van der Waals surface area contributed by atoms with Crippen molar-refractivity contribution in [3.8, 4) is 0 Å². The molecule has 1 heteroatoms. The molecule has 0 saturated heterocycles. The van der Waals surface area contributed by atoms with E-state index < -0.39 is 0 Å². The minimum absolute atomic E-state index is 0.0215. The maximum Gasteiger partial charge on any atom is 0.0540 e. The smallest absolute Gasteiger partial charge is 0.0540 e. The number of hydrogen-bond acceptors (Lipinski definition) is 1. The van der Waals surface area contributed by atoms with Crippen molar-refractivity contribution < 1.29 is 5.11 Å². The van der Waals surface area contributed by atoms with Gasteiger partial charge in [0, 0.05) is 0 Å². The van der Waals surface area contributed by atoms with Gasteiger partial charge in [-0.05, 0) is 56.3 Å². The first-order valence-electron chi connectivity index (χ1n) is 10.5. The molecule has 0 amide bonds. The fourth-order valence-corrected chi connectivity index (χ4v) is 3.64. The Morgan fingerprint density at radius 1 is 0.652 bits per heavy atom. The summed E-state index contributed by atoms with van der Waals surface area (Å²) in [6, 6.07) is 0. The molecule has 1 nitrogen and oxygen atoms in total. The van der Waals surface area contributed by atoms with Crippen molar-refractivity contribution in [2.24, 2.45) is 17.8 Å². The summed E-state index contributed by atoms with van der Waals surface area (Å²) in [6.45, 7) is 20.3. The highest BCUT2D eigenvalue weighted by Gasteiger charge is 2.29. The Morgan fingerprint density at radius 3 is 1.26 bits per heavy atom. The Morgan fingerprint density at radius 2 is 0.957 bits per heavy atom. The molecule has 0 spiro atoms. The van der Waals surface area contributed by atoms with E-state index in [0.717, 1.165) is 30.6 Å². The molecule has 142 valence electrons. The van der Waals surface area contributed by atoms with Gasteiger partial charge in [0.2, 0.25) is 0 Å². The van der Waals surface area contributed by atoms with Gasteiger partial charge in [0.25, 0.3) is 0 Å². The third-order valence-electron chi connectivity index (χ3n) is 4.88. The van der Waals surface area contributed by atoms with Crippen LogP contribution in [0.1, 0.15) is 106 Å². The molecule has 0 bridgehead atoms. The zero-order valence-corrected chi connectivity index (χ0v) is 17.5. The van der Waals surface area contributed by atoms with E-state index in [1.807, 2.05) is 41.5 Å². The Bertz CT molecular complexity index is 186. The SMILES string of the molecule is C=C.CC.CC.CC.CCC1CCC(C2CCC(O)CC2)CC1. The van der Waals surface area contributed by atoms with Gasteiger partial charge in [-0.25, -0.2) is 0 Å². The highest BCUT2D eigenvalue weighted by molar-refractivity contribution is 4.81. The first kappa shape index (κ1) is 27.5. The van der Waals surface area contributed by atoms with Crippen LogP contribution in [0, 0.1) is 17.8 Å². The first-order chi connectivity index (χ1) is 11.3. The van der Waals surface area contributed by atoms with Crippen LogP contribution in [0.25, 0.3) is 0 Å². The summed E-state index contributed by atoms with van der Waals surface area (Å²) in [6.07, 6.45) is 12.0. The molecule has 0 heterocycles. The quantitative estimate of drug-likeness (QED) is 0.516. The van der Waals surface area contributed by atoms with Crippen molar-refractivity contribution in [2.75, 3.05) is 0 Å². The summed E-state index contributed by atoms with van der Waals surface area (Å²) in [5.74, 6) is 2.97. The number of rotatable bonds is 2. The zero-order chi connectivity index (χ0) is 18.7. The summed E-state index contributed by atoms with van der Waals surface area (Å²) in [5, 5.41) is 9.51. The van der Waals surface area contributed by atoms with Crippen LogP contribution in [-0.2, 0) is 0 Å². The third-order valence-corrected chi connectivity index (χ3v) is 4.88. The van der Waals surface area contributed by atoms with Crippen molar-refractivity contribution in [1.82, 2.24) is 0 Å². The van der Waals surface area contributed by atoms with E-state index >= 15 is 0 Å². The molecule has 0 atom stereocenters. The van der Waals surface area contributed by atoms with Crippen molar-refractivity contribution in [3.63, 3.8) is 0 Å². The van der Waals surface area contributed by atoms with Gasteiger partial charge in [-0.15, -0.1) is 13.2 Å². The maximum atomic E-state index is 9.51. The first-order valence-corrected chi connectivity index (χ1v) is 10.5. The maximum absolute atomic E-state index is 9.51. The average Bonchev–Trinajstić information content (AvgIpc) is 2.69. The lowest BCUT2D eigenvalue weighted by Crippen LogP contribution is -2.27. The lowest BCUT2D eigenvalue weighted by molar-refractivity contribution is 0.0768. The normalized spacial score (nSPS) is 28.9. The topological polar surface area (TPSA) is 20.2 Å². The van der Waals surface area contributed by atoms with E-state index in [1.54, 1.807) is 0 Å². The lowest BCUT2D eigenvalue weighted by Gasteiger charge is -2.36. The Hall–Kier alpha value is -0.300. The fraction of sp³-hybridized carbons (Fsp3) is 0.909. The minimum atomic E-state index is 0.0215. The minimum Gasteiger partial charge on any atom is -0.393 e. The molecule has 0 aromatic heterocycles. The van der Waals surface area contributed by atoms with Gasteiger partial charge in [0.05, 0.1) is 6.10 Å². The lowest BCUT2D eigenvalue weighted by atomic mass is 9.70. The third kappa shape index (κ3) is 12.8. The second-order valence-corrected chi connectivity index (χ2v) is 5.76. The van der Waals surface area contributed by atoms with Gasteiger partial charge in [0.15, 0.2) is 0 Å². The van der Waals surface area contributed by atoms with Gasteiger partial charge in [-0.2, -0.15) is 0 Å². The van der Waals surface area contributed by atoms with Crippen LogP contribution < -0.4 is 0 Å². The van der Waals surface area contributed by atoms with E-state index in [2.05, 4.69) is 20.1 Å². The molecule has 0 aromatic rings. The second kappa shape index (κ2) is 21.7. The molecule has 2 aliphatic carbocycles. The summed E-state index contributed by atoms with van der Waals surface area (Å²) in [4.78, 5) is 0. The highest BCUT2D eigenvalue weighted by Crippen LogP contribution is 2.40. The molecule has 0 unspecified atom stereocenters. The summed E-state index contributed by atoms with van der Waals surface area (Å²) < 4.78 is 0. The van der Waals surface area contributed by atoms with Crippen LogP contribution in [-0.4, -0.2) is 11.2 Å². The van der Waals surface area contributed by atoms with Gasteiger partial charge >= 0.3 is 0 Å². The van der Waals surface area contributed by atoms with Crippen molar-refractivity contribution in [1.29, 1.82) is 0 Å². The second-order valence-electron chi connectivity index (χ2n) is 5.76. The summed E-state index contributed by atoms with van der Waals surface area (Å²) in [7, 11) is 0. The zero-order valence-electron chi connectivity index (χ0n) is 17.5. The van der Waals surface area contributed by atoms with E-state index in [9.17, 15) is 5.11 Å². The van der Waals surface area contributed by atoms with Gasteiger partial charge in [-0.1, -0.05) is 67.7 Å². The molecule has 1 N–H and O–H groups in total. The van der Waals surface area contributed by atoms with Gasteiger partial charge < -0.3 is 5.11 Å². The molecule has 0 radical (unpaired) electrons. The molecular weight excluding hydrogens is 280 g/mol. The Kier molecular flexibility index (Phi) is 26.0. The van der Waals surface area contributed by atoms with Crippen LogP contribution >= 0.6 is 0 Å². The highest BCUT2D eigenvalue weighted by atomic mass is 16.3. The molecular formula is C22H48O. The Balaban J connectivity index is -0.000000438. The predicted molar refractivity (Wildman–Crippen MR) is 109 cm³/mol. The van der Waals surface area contributed by atoms with Crippen molar-refractivity contribution in [2.45, 2.75) is 112 Å². The summed E-state index contributed by atoms with van der Waals surface area (Å²) >= 11 is 0. The molecule has 0 aromatic carbocycles. The summed E-state index contributed by atoms with van der Waals surface area (Å²) in [5.41, 5.74) is 0. The van der Waals surface area contributed by atoms with Crippen LogP contribution in [0.5, 0.6) is 0 Å². The number of aliphatic hydroxyl groups is 1. The van der Waals surface area contributed by atoms with Crippen molar-refractivity contribution in [3.05, 3.63) is 13.2 Å². The predicted octanol–water partition coefficient (Wildman–Crippen LogP) is 7.63. The average molecular weight is 329 g/mol. The molecule has 2 rings (SSSR count). The monoisotopic (exact) mass is 328 g/mol. The van der Waals surface area contributed by atoms with E-state index in [0.29, 0.717) is 0 Å².